The lowest BCUT2D eigenvalue weighted by Crippen LogP contribution is -2.38. The Labute approximate surface area is 135 Å². The van der Waals surface area contributed by atoms with E-state index in [0.29, 0.717) is 13.2 Å². The Bertz CT molecular complexity index is 837. The van der Waals surface area contributed by atoms with E-state index in [2.05, 4.69) is 53.4 Å². The van der Waals surface area contributed by atoms with Gasteiger partial charge in [-0.1, -0.05) is 48.5 Å². The number of hydrogen-bond acceptors (Lipinski definition) is 3. The summed E-state index contributed by atoms with van der Waals surface area (Å²) in [4.78, 5) is 2.23. The van der Waals surface area contributed by atoms with Crippen molar-refractivity contribution in [2.75, 3.05) is 26.3 Å². The molecule has 0 aromatic heterocycles. The normalized spacial score (nSPS) is 17.2. The zero-order valence-electron chi connectivity index (χ0n) is 12.9. The molecule has 1 fully saturated rings. The predicted octanol–water partition coefficient (Wildman–Crippen LogP) is 3.89. The summed E-state index contributed by atoms with van der Waals surface area (Å²) in [6.45, 7) is 2.99. The van der Waals surface area contributed by atoms with Gasteiger partial charge in [0.15, 0.2) is 0 Å². The largest absolute Gasteiger partial charge is 0.379 e. The summed E-state index contributed by atoms with van der Waals surface area (Å²) in [7, 11) is 0. The number of fused-ring (bicyclic) bond motifs is 2. The average molecular weight is 302 g/mol. The van der Waals surface area contributed by atoms with Crippen molar-refractivity contribution in [3.63, 3.8) is 0 Å². The van der Waals surface area contributed by atoms with Gasteiger partial charge in [0.05, 0.1) is 19.3 Å². The molecule has 0 amide bonds. The second-order valence-corrected chi connectivity index (χ2v) is 5.91. The van der Waals surface area contributed by atoms with Crippen LogP contribution in [-0.2, 0) is 4.74 Å². The van der Waals surface area contributed by atoms with Crippen LogP contribution in [0, 0.1) is 11.3 Å². The zero-order valence-corrected chi connectivity index (χ0v) is 12.9. The van der Waals surface area contributed by atoms with Crippen molar-refractivity contribution in [3.05, 3.63) is 60.2 Å². The monoisotopic (exact) mass is 302 g/mol. The maximum absolute atomic E-state index is 9.92. The molecule has 3 aromatic rings. The standard InChI is InChI=1S/C20H18N2O/c21-14-19(22-9-11-23-12-10-22)20-17-7-3-1-5-15(17)13-16-6-2-4-8-18(16)20/h1-8,13,19H,9-12H2. The highest BCUT2D eigenvalue weighted by molar-refractivity contribution is 6.02. The predicted molar refractivity (Wildman–Crippen MR) is 92.2 cm³/mol. The van der Waals surface area contributed by atoms with Crippen LogP contribution in [0.3, 0.4) is 0 Å². The second-order valence-electron chi connectivity index (χ2n) is 5.91. The molecule has 1 unspecified atom stereocenters. The zero-order chi connectivity index (χ0) is 15.6. The molecule has 3 aromatic carbocycles. The summed E-state index contributed by atoms with van der Waals surface area (Å²) in [6.07, 6.45) is 0. The van der Waals surface area contributed by atoms with Crippen molar-refractivity contribution in [2.45, 2.75) is 6.04 Å². The molecule has 23 heavy (non-hydrogen) atoms. The van der Waals surface area contributed by atoms with E-state index < -0.39 is 0 Å². The number of nitriles is 1. The number of benzene rings is 3. The van der Waals surface area contributed by atoms with Crippen molar-refractivity contribution in [1.82, 2.24) is 4.90 Å². The SMILES string of the molecule is N#CC(c1c2ccccc2cc2ccccc12)N1CCOCC1. The Morgan fingerprint density at radius 2 is 1.48 bits per heavy atom. The number of rotatable bonds is 2. The van der Waals surface area contributed by atoms with E-state index in [1.807, 2.05) is 12.1 Å². The number of hydrogen-bond donors (Lipinski definition) is 0. The Kier molecular flexibility index (Phi) is 3.70. The second kappa shape index (κ2) is 6.00. The van der Waals surface area contributed by atoms with Crippen LogP contribution in [0.15, 0.2) is 54.6 Å². The molecule has 0 N–H and O–H groups in total. The van der Waals surface area contributed by atoms with Gasteiger partial charge in [0.25, 0.3) is 0 Å². The molecule has 4 rings (SSSR count). The molecule has 1 aliphatic heterocycles. The molecular weight excluding hydrogens is 284 g/mol. The molecule has 0 bridgehead atoms. The van der Waals surface area contributed by atoms with Crippen molar-refractivity contribution in [2.24, 2.45) is 0 Å². The van der Waals surface area contributed by atoms with Gasteiger partial charge in [-0.25, -0.2) is 0 Å². The highest BCUT2D eigenvalue weighted by atomic mass is 16.5. The van der Waals surface area contributed by atoms with Crippen molar-refractivity contribution < 1.29 is 4.74 Å². The molecule has 0 spiro atoms. The molecule has 3 heteroatoms. The lowest BCUT2D eigenvalue weighted by Gasteiger charge is -2.32. The van der Waals surface area contributed by atoms with Gasteiger partial charge in [-0.3, -0.25) is 4.90 Å². The van der Waals surface area contributed by atoms with Gasteiger partial charge in [0.2, 0.25) is 0 Å². The summed E-state index contributed by atoms with van der Waals surface area (Å²) in [5.74, 6) is 0. The molecule has 1 saturated heterocycles. The summed E-state index contributed by atoms with van der Waals surface area (Å²) in [5.41, 5.74) is 1.13. The van der Waals surface area contributed by atoms with E-state index in [0.717, 1.165) is 18.7 Å². The van der Waals surface area contributed by atoms with E-state index in [9.17, 15) is 5.26 Å². The van der Waals surface area contributed by atoms with Crippen LogP contribution in [0.25, 0.3) is 21.5 Å². The molecule has 0 aliphatic carbocycles. The Hall–Kier alpha value is -2.41. The lowest BCUT2D eigenvalue weighted by atomic mass is 9.92. The van der Waals surface area contributed by atoms with E-state index >= 15 is 0 Å². The minimum atomic E-state index is -0.241. The fraction of sp³-hybridized carbons (Fsp3) is 0.250. The molecule has 1 atom stereocenters. The van der Waals surface area contributed by atoms with Crippen LogP contribution in [0.4, 0.5) is 0 Å². The molecule has 1 heterocycles. The van der Waals surface area contributed by atoms with E-state index in [-0.39, 0.29) is 6.04 Å². The summed E-state index contributed by atoms with van der Waals surface area (Å²) < 4.78 is 5.45. The quantitative estimate of drug-likeness (QED) is 0.674. The number of ether oxygens (including phenoxy) is 1. The third-order valence-electron chi connectivity index (χ3n) is 4.62. The minimum absolute atomic E-state index is 0.241. The van der Waals surface area contributed by atoms with Crippen molar-refractivity contribution >= 4 is 21.5 Å². The Morgan fingerprint density at radius 3 is 2.04 bits per heavy atom. The average Bonchev–Trinajstić information content (AvgIpc) is 2.62. The third kappa shape index (κ3) is 2.46. The first kappa shape index (κ1) is 14.2. The highest BCUT2D eigenvalue weighted by Gasteiger charge is 2.25. The minimum Gasteiger partial charge on any atom is -0.379 e. The highest BCUT2D eigenvalue weighted by Crippen LogP contribution is 2.35. The Morgan fingerprint density at radius 1 is 0.913 bits per heavy atom. The fourth-order valence-corrected chi connectivity index (χ4v) is 3.51. The van der Waals surface area contributed by atoms with Crippen LogP contribution in [0.5, 0.6) is 0 Å². The van der Waals surface area contributed by atoms with E-state index in [1.54, 1.807) is 0 Å². The van der Waals surface area contributed by atoms with Gasteiger partial charge in [-0.05, 0) is 33.2 Å². The lowest BCUT2D eigenvalue weighted by molar-refractivity contribution is 0.0271. The maximum atomic E-state index is 9.92. The van der Waals surface area contributed by atoms with E-state index in [1.165, 1.54) is 21.5 Å². The van der Waals surface area contributed by atoms with Crippen LogP contribution < -0.4 is 0 Å². The van der Waals surface area contributed by atoms with Gasteiger partial charge in [-0.15, -0.1) is 0 Å². The van der Waals surface area contributed by atoms with Gasteiger partial charge >= 0.3 is 0 Å². The molecular formula is C20H18N2O. The van der Waals surface area contributed by atoms with Crippen LogP contribution in [-0.4, -0.2) is 31.2 Å². The fourth-order valence-electron chi connectivity index (χ4n) is 3.51. The van der Waals surface area contributed by atoms with Gasteiger partial charge in [0.1, 0.15) is 6.04 Å². The summed E-state index contributed by atoms with van der Waals surface area (Å²) in [5, 5.41) is 14.6. The van der Waals surface area contributed by atoms with Crippen LogP contribution >= 0.6 is 0 Å². The molecule has 114 valence electrons. The van der Waals surface area contributed by atoms with Gasteiger partial charge in [-0.2, -0.15) is 5.26 Å². The van der Waals surface area contributed by atoms with Gasteiger partial charge in [0, 0.05) is 13.1 Å². The maximum Gasteiger partial charge on any atom is 0.125 e. The number of nitrogens with zero attached hydrogens (tertiary/aromatic N) is 2. The first-order valence-electron chi connectivity index (χ1n) is 8.00. The molecule has 0 radical (unpaired) electrons. The Balaban J connectivity index is 1.99. The first-order valence-corrected chi connectivity index (χ1v) is 8.00. The summed E-state index contributed by atoms with van der Waals surface area (Å²) in [6, 6.07) is 21.2. The van der Waals surface area contributed by atoms with Crippen molar-refractivity contribution in [1.29, 1.82) is 5.26 Å². The molecule has 3 nitrogen and oxygen atoms in total. The smallest absolute Gasteiger partial charge is 0.125 e. The van der Waals surface area contributed by atoms with E-state index in [4.69, 9.17) is 4.74 Å². The van der Waals surface area contributed by atoms with Gasteiger partial charge < -0.3 is 4.74 Å². The van der Waals surface area contributed by atoms with Crippen LogP contribution in [0.2, 0.25) is 0 Å². The third-order valence-corrected chi connectivity index (χ3v) is 4.62. The van der Waals surface area contributed by atoms with Crippen LogP contribution in [0.1, 0.15) is 11.6 Å². The first-order chi connectivity index (χ1) is 11.4. The molecule has 1 aliphatic rings. The molecule has 0 saturated carbocycles. The van der Waals surface area contributed by atoms with Crippen molar-refractivity contribution in [3.8, 4) is 6.07 Å². The number of morpholine rings is 1. The summed E-state index contributed by atoms with van der Waals surface area (Å²) >= 11 is 0. The topological polar surface area (TPSA) is 36.3 Å².